The van der Waals surface area contributed by atoms with Gasteiger partial charge in [0, 0.05) is 11.6 Å². The highest BCUT2D eigenvalue weighted by atomic mass is 14.8. The maximum atomic E-state index is 4.72. The Labute approximate surface area is 102 Å². The Morgan fingerprint density at radius 1 is 0.941 bits per heavy atom. The van der Waals surface area contributed by atoms with Crippen LogP contribution in [-0.2, 0) is 6.42 Å². The van der Waals surface area contributed by atoms with E-state index in [2.05, 4.69) is 61.5 Å². The molecule has 1 aliphatic rings. The standard InChI is InChI=1S/C16H15N/c1-12-15(13-7-3-2-4-8-13)11-14-9-5-6-10-16(14)17-12/h2-10,15H,11H2,1H3. The molecule has 1 nitrogen and oxygen atoms in total. The third-order valence-electron chi connectivity index (χ3n) is 3.42. The lowest BCUT2D eigenvalue weighted by molar-refractivity contribution is 0.854. The minimum absolute atomic E-state index is 0.436. The van der Waals surface area contributed by atoms with Gasteiger partial charge in [0.25, 0.3) is 0 Å². The van der Waals surface area contributed by atoms with Gasteiger partial charge in [0.15, 0.2) is 0 Å². The summed E-state index contributed by atoms with van der Waals surface area (Å²) in [5.74, 6) is 0.436. The molecule has 0 aliphatic carbocycles. The number of rotatable bonds is 1. The van der Waals surface area contributed by atoms with E-state index >= 15 is 0 Å². The minimum Gasteiger partial charge on any atom is -0.257 e. The van der Waals surface area contributed by atoms with Gasteiger partial charge in [-0.05, 0) is 30.5 Å². The predicted molar refractivity (Wildman–Crippen MR) is 72.1 cm³/mol. The summed E-state index contributed by atoms with van der Waals surface area (Å²) in [5, 5.41) is 0. The van der Waals surface area contributed by atoms with Crippen LogP contribution in [0.2, 0.25) is 0 Å². The van der Waals surface area contributed by atoms with Crippen LogP contribution in [0, 0.1) is 0 Å². The second-order valence-electron chi connectivity index (χ2n) is 4.55. The molecule has 84 valence electrons. The molecule has 2 aromatic carbocycles. The van der Waals surface area contributed by atoms with E-state index < -0.39 is 0 Å². The number of fused-ring (bicyclic) bond motifs is 1. The fourth-order valence-electron chi connectivity index (χ4n) is 2.47. The first kappa shape index (κ1) is 10.3. The molecule has 0 N–H and O–H groups in total. The van der Waals surface area contributed by atoms with Crippen molar-refractivity contribution in [2.45, 2.75) is 19.3 Å². The molecule has 17 heavy (non-hydrogen) atoms. The normalized spacial score (nSPS) is 18.4. The molecule has 0 fully saturated rings. The van der Waals surface area contributed by atoms with Crippen LogP contribution in [0.4, 0.5) is 5.69 Å². The quantitative estimate of drug-likeness (QED) is 0.687. The number of nitrogens with zero attached hydrogens (tertiary/aromatic N) is 1. The third kappa shape index (κ3) is 1.89. The molecular weight excluding hydrogens is 206 g/mol. The molecule has 1 aliphatic heterocycles. The Hall–Kier alpha value is -1.89. The fraction of sp³-hybridized carbons (Fsp3) is 0.188. The van der Waals surface area contributed by atoms with E-state index in [0.717, 1.165) is 12.1 Å². The smallest absolute Gasteiger partial charge is 0.0661 e. The van der Waals surface area contributed by atoms with Crippen molar-refractivity contribution in [1.29, 1.82) is 0 Å². The lowest BCUT2D eigenvalue weighted by atomic mass is 9.86. The van der Waals surface area contributed by atoms with Gasteiger partial charge in [0.2, 0.25) is 0 Å². The molecule has 0 saturated carbocycles. The Morgan fingerprint density at radius 3 is 2.47 bits per heavy atom. The summed E-state index contributed by atoms with van der Waals surface area (Å²) in [4.78, 5) is 4.72. The van der Waals surface area contributed by atoms with Gasteiger partial charge in [0.05, 0.1) is 5.69 Å². The minimum atomic E-state index is 0.436. The Bertz CT molecular complexity index is 555. The lowest BCUT2D eigenvalue weighted by Gasteiger charge is -2.23. The van der Waals surface area contributed by atoms with Crippen LogP contribution in [0.3, 0.4) is 0 Å². The summed E-state index contributed by atoms with van der Waals surface area (Å²) >= 11 is 0. The van der Waals surface area contributed by atoms with Crippen LogP contribution in [0.5, 0.6) is 0 Å². The summed E-state index contributed by atoms with van der Waals surface area (Å²) in [5.41, 5.74) is 5.07. The zero-order valence-corrected chi connectivity index (χ0v) is 9.93. The zero-order valence-electron chi connectivity index (χ0n) is 9.93. The highest BCUT2D eigenvalue weighted by Gasteiger charge is 2.21. The van der Waals surface area contributed by atoms with Crippen molar-refractivity contribution in [3.63, 3.8) is 0 Å². The van der Waals surface area contributed by atoms with Crippen LogP contribution < -0.4 is 0 Å². The lowest BCUT2D eigenvalue weighted by Crippen LogP contribution is -2.15. The summed E-state index contributed by atoms with van der Waals surface area (Å²) < 4.78 is 0. The molecule has 0 amide bonds. The first-order valence-corrected chi connectivity index (χ1v) is 6.02. The van der Waals surface area contributed by atoms with E-state index in [1.807, 2.05) is 0 Å². The summed E-state index contributed by atoms with van der Waals surface area (Å²) in [6.45, 7) is 2.13. The van der Waals surface area contributed by atoms with E-state index in [9.17, 15) is 0 Å². The molecule has 1 atom stereocenters. The first-order chi connectivity index (χ1) is 8.34. The molecule has 1 heteroatoms. The van der Waals surface area contributed by atoms with Gasteiger partial charge in [-0.25, -0.2) is 0 Å². The first-order valence-electron chi connectivity index (χ1n) is 6.02. The molecule has 0 spiro atoms. The largest absolute Gasteiger partial charge is 0.257 e. The summed E-state index contributed by atoms with van der Waals surface area (Å²) in [7, 11) is 0. The Kier molecular flexibility index (Phi) is 2.52. The average Bonchev–Trinajstić information content (AvgIpc) is 2.39. The van der Waals surface area contributed by atoms with Crippen LogP contribution >= 0.6 is 0 Å². The van der Waals surface area contributed by atoms with Crippen molar-refractivity contribution in [3.8, 4) is 0 Å². The third-order valence-corrected chi connectivity index (χ3v) is 3.42. The monoisotopic (exact) mass is 221 g/mol. The highest BCUT2D eigenvalue weighted by Crippen LogP contribution is 2.33. The maximum absolute atomic E-state index is 4.72. The molecule has 0 aromatic heterocycles. The second kappa shape index (κ2) is 4.17. The van der Waals surface area contributed by atoms with Crippen LogP contribution in [0.25, 0.3) is 0 Å². The summed E-state index contributed by atoms with van der Waals surface area (Å²) in [6.07, 6.45) is 1.06. The summed E-state index contributed by atoms with van der Waals surface area (Å²) in [6, 6.07) is 19.1. The zero-order chi connectivity index (χ0) is 11.7. The van der Waals surface area contributed by atoms with Crippen molar-refractivity contribution < 1.29 is 0 Å². The van der Waals surface area contributed by atoms with E-state index in [1.54, 1.807) is 0 Å². The number of hydrogen-bond donors (Lipinski definition) is 0. The van der Waals surface area contributed by atoms with Crippen molar-refractivity contribution in [3.05, 3.63) is 65.7 Å². The second-order valence-corrected chi connectivity index (χ2v) is 4.55. The van der Waals surface area contributed by atoms with Gasteiger partial charge in [-0.3, -0.25) is 4.99 Å². The van der Waals surface area contributed by atoms with Gasteiger partial charge in [-0.15, -0.1) is 0 Å². The molecule has 2 aromatic rings. The average molecular weight is 221 g/mol. The maximum Gasteiger partial charge on any atom is 0.0661 e. The fourth-order valence-corrected chi connectivity index (χ4v) is 2.47. The molecule has 0 saturated heterocycles. The van der Waals surface area contributed by atoms with Gasteiger partial charge >= 0.3 is 0 Å². The molecule has 0 bridgehead atoms. The van der Waals surface area contributed by atoms with Gasteiger partial charge in [0.1, 0.15) is 0 Å². The Morgan fingerprint density at radius 2 is 1.65 bits per heavy atom. The van der Waals surface area contributed by atoms with Crippen LogP contribution in [0.15, 0.2) is 59.6 Å². The Balaban J connectivity index is 2.02. The van der Waals surface area contributed by atoms with E-state index in [-0.39, 0.29) is 0 Å². The van der Waals surface area contributed by atoms with Gasteiger partial charge in [-0.2, -0.15) is 0 Å². The van der Waals surface area contributed by atoms with Crippen molar-refractivity contribution in [1.82, 2.24) is 0 Å². The van der Waals surface area contributed by atoms with E-state index in [1.165, 1.54) is 16.8 Å². The highest BCUT2D eigenvalue weighted by molar-refractivity contribution is 5.93. The van der Waals surface area contributed by atoms with E-state index in [0.29, 0.717) is 5.92 Å². The number of para-hydroxylation sites is 1. The van der Waals surface area contributed by atoms with Gasteiger partial charge in [-0.1, -0.05) is 48.5 Å². The van der Waals surface area contributed by atoms with Crippen molar-refractivity contribution in [2.24, 2.45) is 4.99 Å². The number of hydrogen-bond acceptors (Lipinski definition) is 1. The predicted octanol–water partition coefficient (Wildman–Crippen LogP) is 4.12. The number of benzene rings is 2. The topological polar surface area (TPSA) is 12.4 Å². The molecule has 1 unspecified atom stereocenters. The molecule has 1 heterocycles. The van der Waals surface area contributed by atoms with Crippen LogP contribution in [0.1, 0.15) is 24.0 Å². The molecular formula is C16H15N. The van der Waals surface area contributed by atoms with E-state index in [4.69, 9.17) is 4.99 Å². The van der Waals surface area contributed by atoms with Crippen molar-refractivity contribution in [2.75, 3.05) is 0 Å². The van der Waals surface area contributed by atoms with Crippen LogP contribution in [-0.4, -0.2) is 5.71 Å². The van der Waals surface area contributed by atoms with Gasteiger partial charge < -0.3 is 0 Å². The molecule has 3 rings (SSSR count). The number of aliphatic imine (C=N–C) groups is 1. The SMILES string of the molecule is CC1=Nc2ccccc2CC1c1ccccc1. The molecule has 0 radical (unpaired) electrons. The van der Waals surface area contributed by atoms with Crippen molar-refractivity contribution >= 4 is 11.4 Å².